The zero-order valence-electron chi connectivity index (χ0n) is 8.41. The molecule has 0 fully saturated rings. The van der Waals surface area contributed by atoms with Crippen molar-refractivity contribution in [2.24, 2.45) is 0 Å². The first-order valence-electron chi connectivity index (χ1n) is 5.31. The molecular formula is C10H19BO2. The van der Waals surface area contributed by atoms with Crippen LogP contribution in [0.3, 0.4) is 0 Å². The average Bonchev–Trinajstić information content (AvgIpc) is 2.19. The maximum atomic E-state index is 9.63. The van der Waals surface area contributed by atoms with Gasteiger partial charge in [-0.2, -0.15) is 0 Å². The van der Waals surface area contributed by atoms with E-state index in [1.807, 2.05) is 0 Å². The van der Waals surface area contributed by atoms with E-state index in [0.29, 0.717) is 6.61 Å². The minimum absolute atomic E-state index is 0.227. The topological polar surface area (TPSA) is 29.5 Å². The Morgan fingerprint density at radius 1 is 1.62 bits per heavy atom. The highest BCUT2D eigenvalue weighted by atomic mass is 16.5. The fourth-order valence-corrected chi connectivity index (χ4v) is 1.55. The van der Waals surface area contributed by atoms with Gasteiger partial charge in [0.05, 0.1) is 0 Å². The van der Waals surface area contributed by atoms with Crippen LogP contribution >= 0.6 is 0 Å². The molecule has 1 N–H and O–H groups in total. The van der Waals surface area contributed by atoms with E-state index in [0.717, 1.165) is 25.7 Å². The Bertz CT molecular complexity index is 159. The predicted octanol–water partition coefficient (Wildman–Crippen LogP) is 2.39. The highest BCUT2D eigenvalue weighted by Crippen LogP contribution is 2.24. The van der Waals surface area contributed by atoms with Gasteiger partial charge >= 0.3 is 7.12 Å². The standard InChI is InChI=1S/C10H19BO2/c1-2-3-9-13-11(12)10-7-5-4-6-8-10/h5,7,10,12H,2-4,6,8-9H2,1H3. The first kappa shape index (κ1) is 10.8. The average molecular weight is 182 g/mol. The second kappa shape index (κ2) is 6.22. The normalized spacial score (nSPS) is 21.8. The van der Waals surface area contributed by atoms with Crippen molar-refractivity contribution in [1.29, 1.82) is 0 Å². The van der Waals surface area contributed by atoms with E-state index in [1.54, 1.807) is 0 Å². The van der Waals surface area contributed by atoms with Crippen LogP contribution in [0.2, 0.25) is 5.82 Å². The summed E-state index contributed by atoms with van der Waals surface area (Å²) in [6, 6.07) is 0. The van der Waals surface area contributed by atoms with Crippen LogP contribution in [0.25, 0.3) is 0 Å². The molecule has 1 atom stereocenters. The van der Waals surface area contributed by atoms with Crippen LogP contribution in [0.5, 0.6) is 0 Å². The van der Waals surface area contributed by atoms with Gasteiger partial charge in [-0.25, -0.2) is 0 Å². The molecule has 0 aromatic carbocycles. The van der Waals surface area contributed by atoms with Gasteiger partial charge in [-0.3, -0.25) is 0 Å². The Kier molecular flexibility index (Phi) is 5.17. The van der Waals surface area contributed by atoms with Gasteiger partial charge in [-0.15, -0.1) is 0 Å². The Balaban J connectivity index is 2.17. The van der Waals surface area contributed by atoms with Gasteiger partial charge in [0.15, 0.2) is 0 Å². The van der Waals surface area contributed by atoms with Gasteiger partial charge in [0, 0.05) is 12.4 Å². The van der Waals surface area contributed by atoms with E-state index in [2.05, 4.69) is 19.1 Å². The summed E-state index contributed by atoms with van der Waals surface area (Å²) < 4.78 is 5.33. The molecule has 0 aliphatic heterocycles. The summed E-state index contributed by atoms with van der Waals surface area (Å²) in [5.41, 5.74) is 0. The number of hydrogen-bond acceptors (Lipinski definition) is 2. The largest absolute Gasteiger partial charge is 0.461 e. The minimum Gasteiger partial charge on any atom is -0.427 e. The molecule has 0 saturated heterocycles. The molecule has 0 spiro atoms. The lowest BCUT2D eigenvalue weighted by Crippen LogP contribution is -2.25. The van der Waals surface area contributed by atoms with Crippen LogP contribution in [0.4, 0.5) is 0 Å². The molecule has 1 rings (SSSR count). The second-order valence-electron chi connectivity index (χ2n) is 3.64. The summed E-state index contributed by atoms with van der Waals surface area (Å²) in [6.07, 6.45) is 9.76. The molecule has 1 unspecified atom stereocenters. The molecule has 1 aliphatic rings. The van der Waals surface area contributed by atoms with Crippen molar-refractivity contribution in [2.45, 2.75) is 44.8 Å². The van der Waals surface area contributed by atoms with Crippen molar-refractivity contribution in [1.82, 2.24) is 0 Å². The summed E-state index contributed by atoms with van der Waals surface area (Å²) in [5.74, 6) is 0.227. The predicted molar refractivity (Wildman–Crippen MR) is 55.6 cm³/mol. The summed E-state index contributed by atoms with van der Waals surface area (Å²) in [6.45, 7) is 2.80. The number of hydrogen-bond donors (Lipinski definition) is 1. The molecule has 0 bridgehead atoms. The van der Waals surface area contributed by atoms with Crippen LogP contribution in [-0.4, -0.2) is 18.7 Å². The van der Waals surface area contributed by atoms with Crippen molar-refractivity contribution in [3.63, 3.8) is 0 Å². The highest BCUT2D eigenvalue weighted by molar-refractivity contribution is 6.45. The third kappa shape index (κ3) is 3.96. The van der Waals surface area contributed by atoms with Gasteiger partial charge in [0.1, 0.15) is 0 Å². The second-order valence-corrected chi connectivity index (χ2v) is 3.64. The summed E-state index contributed by atoms with van der Waals surface area (Å²) in [7, 11) is -0.580. The number of allylic oxidation sites excluding steroid dienone is 2. The lowest BCUT2D eigenvalue weighted by Gasteiger charge is -2.18. The quantitative estimate of drug-likeness (QED) is 0.401. The van der Waals surface area contributed by atoms with E-state index in [9.17, 15) is 5.02 Å². The monoisotopic (exact) mass is 182 g/mol. The van der Waals surface area contributed by atoms with Crippen molar-refractivity contribution in [3.8, 4) is 0 Å². The van der Waals surface area contributed by atoms with Crippen LogP contribution in [-0.2, 0) is 4.65 Å². The Hall–Kier alpha value is -0.275. The first-order chi connectivity index (χ1) is 6.34. The fourth-order valence-electron chi connectivity index (χ4n) is 1.55. The minimum atomic E-state index is -0.580. The molecule has 13 heavy (non-hydrogen) atoms. The molecule has 0 aromatic rings. The number of rotatable bonds is 5. The van der Waals surface area contributed by atoms with Crippen molar-refractivity contribution < 1.29 is 9.68 Å². The van der Waals surface area contributed by atoms with E-state index < -0.39 is 7.12 Å². The van der Waals surface area contributed by atoms with E-state index in [-0.39, 0.29) is 5.82 Å². The highest BCUT2D eigenvalue weighted by Gasteiger charge is 2.24. The Labute approximate surface area is 81.1 Å². The van der Waals surface area contributed by atoms with Gasteiger partial charge in [0.25, 0.3) is 0 Å². The van der Waals surface area contributed by atoms with Gasteiger partial charge in [0.2, 0.25) is 0 Å². The van der Waals surface area contributed by atoms with Crippen molar-refractivity contribution in [3.05, 3.63) is 12.2 Å². The third-order valence-corrected chi connectivity index (χ3v) is 2.44. The summed E-state index contributed by atoms with van der Waals surface area (Å²) in [4.78, 5) is 0. The maximum absolute atomic E-state index is 9.63. The molecule has 0 radical (unpaired) electrons. The molecule has 3 heteroatoms. The molecule has 0 saturated carbocycles. The van der Waals surface area contributed by atoms with Crippen LogP contribution in [0, 0.1) is 0 Å². The molecular weight excluding hydrogens is 163 g/mol. The van der Waals surface area contributed by atoms with Gasteiger partial charge < -0.3 is 9.68 Å². The van der Waals surface area contributed by atoms with Crippen LogP contribution in [0.15, 0.2) is 12.2 Å². The van der Waals surface area contributed by atoms with Crippen molar-refractivity contribution >= 4 is 7.12 Å². The lowest BCUT2D eigenvalue weighted by atomic mass is 9.68. The molecule has 1 aliphatic carbocycles. The molecule has 0 heterocycles. The Morgan fingerprint density at radius 3 is 3.08 bits per heavy atom. The van der Waals surface area contributed by atoms with Crippen LogP contribution in [0.1, 0.15) is 39.0 Å². The van der Waals surface area contributed by atoms with E-state index >= 15 is 0 Å². The molecule has 0 amide bonds. The van der Waals surface area contributed by atoms with Gasteiger partial charge in [-0.1, -0.05) is 25.5 Å². The first-order valence-corrected chi connectivity index (χ1v) is 5.31. The van der Waals surface area contributed by atoms with Crippen LogP contribution < -0.4 is 0 Å². The summed E-state index contributed by atoms with van der Waals surface area (Å²) >= 11 is 0. The smallest absolute Gasteiger partial charge is 0.427 e. The Morgan fingerprint density at radius 2 is 2.46 bits per heavy atom. The molecule has 2 nitrogen and oxygen atoms in total. The third-order valence-electron chi connectivity index (χ3n) is 2.44. The molecule has 0 aromatic heterocycles. The number of unbranched alkanes of at least 4 members (excludes halogenated alkanes) is 1. The zero-order valence-corrected chi connectivity index (χ0v) is 8.41. The van der Waals surface area contributed by atoms with E-state index in [1.165, 1.54) is 6.42 Å². The maximum Gasteiger partial charge on any atom is 0.461 e. The lowest BCUT2D eigenvalue weighted by molar-refractivity contribution is 0.245. The SMILES string of the molecule is CCCCOB(O)C1C=CCCC1. The summed E-state index contributed by atoms with van der Waals surface area (Å²) in [5, 5.41) is 9.63. The zero-order chi connectivity index (χ0) is 9.52. The fraction of sp³-hybridized carbons (Fsp3) is 0.800. The molecule has 74 valence electrons. The van der Waals surface area contributed by atoms with Crippen molar-refractivity contribution in [2.75, 3.05) is 6.61 Å². The van der Waals surface area contributed by atoms with E-state index in [4.69, 9.17) is 4.65 Å². The van der Waals surface area contributed by atoms with Gasteiger partial charge in [-0.05, 0) is 25.7 Å².